The van der Waals surface area contributed by atoms with Gasteiger partial charge in [-0.1, -0.05) is 58.3 Å². The lowest BCUT2D eigenvalue weighted by atomic mass is 9.82. The summed E-state index contributed by atoms with van der Waals surface area (Å²) in [5, 5.41) is 20.1. The van der Waals surface area contributed by atoms with Gasteiger partial charge in [0, 0.05) is 0 Å². The molecule has 1 fully saturated rings. The van der Waals surface area contributed by atoms with Crippen LogP contribution in [0, 0.1) is 5.92 Å². The molecule has 0 bridgehead atoms. The number of aliphatic hydroxyl groups excluding tert-OH is 2. The van der Waals surface area contributed by atoms with Crippen LogP contribution in [0.15, 0.2) is 0 Å². The smallest absolute Gasteiger partial charge is 0.0827 e. The van der Waals surface area contributed by atoms with Crippen LogP contribution in [0.5, 0.6) is 0 Å². The van der Waals surface area contributed by atoms with E-state index in [1.165, 1.54) is 44.9 Å². The third-order valence-electron chi connectivity index (χ3n) is 4.13. The molecule has 2 atom stereocenters. The minimum Gasteiger partial charge on any atom is -0.390 e. The summed E-state index contributed by atoms with van der Waals surface area (Å²) in [4.78, 5) is 0. The van der Waals surface area contributed by atoms with Gasteiger partial charge in [-0.15, -0.1) is 0 Å². The second-order valence-corrected chi connectivity index (χ2v) is 5.66. The molecule has 2 N–H and O–H groups in total. The third-order valence-corrected chi connectivity index (χ3v) is 4.13. The van der Waals surface area contributed by atoms with Crippen molar-refractivity contribution >= 4 is 0 Å². The average molecular weight is 242 g/mol. The number of hydrogen-bond donors (Lipinski definition) is 2. The van der Waals surface area contributed by atoms with Crippen LogP contribution in [0.4, 0.5) is 0 Å². The lowest BCUT2D eigenvalue weighted by Crippen LogP contribution is -2.34. The maximum atomic E-state index is 10.1. The summed E-state index contributed by atoms with van der Waals surface area (Å²) in [6.07, 6.45) is 11.9. The molecule has 0 amide bonds. The summed E-state index contributed by atoms with van der Waals surface area (Å²) in [5.41, 5.74) is 0. The zero-order valence-corrected chi connectivity index (χ0v) is 11.4. The van der Waals surface area contributed by atoms with Crippen LogP contribution in [0.3, 0.4) is 0 Å². The molecule has 2 heteroatoms. The molecule has 0 heterocycles. The van der Waals surface area contributed by atoms with Crippen LogP contribution in [0.2, 0.25) is 0 Å². The van der Waals surface area contributed by atoms with Gasteiger partial charge in [0.1, 0.15) is 0 Å². The van der Waals surface area contributed by atoms with E-state index >= 15 is 0 Å². The van der Waals surface area contributed by atoms with E-state index in [0.717, 1.165) is 25.7 Å². The first-order chi connectivity index (χ1) is 8.25. The Morgan fingerprint density at radius 3 is 2.24 bits per heavy atom. The van der Waals surface area contributed by atoms with E-state index in [-0.39, 0.29) is 0 Å². The van der Waals surface area contributed by atoms with E-state index in [1.54, 1.807) is 0 Å². The third kappa shape index (κ3) is 5.87. The van der Waals surface area contributed by atoms with Crippen LogP contribution in [-0.4, -0.2) is 22.4 Å². The molecule has 1 aliphatic rings. The Balaban J connectivity index is 2.10. The van der Waals surface area contributed by atoms with Crippen molar-refractivity contribution in [1.29, 1.82) is 0 Å². The predicted octanol–water partition coefficient (Wildman–Crippen LogP) is 3.65. The fourth-order valence-electron chi connectivity index (χ4n) is 2.92. The molecule has 0 aromatic heterocycles. The Kier molecular flexibility index (Phi) is 7.87. The highest BCUT2D eigenvalue weighted by molar-refractivity contribution is 4.78. The minimum atomic E-state index is -0.486. The molecule has 0 aliphatic heterocycles. The Labute approximate surface area is 106 Å². The summed E-state index contributed by atoms with van der Waals surface area (Å²) >= 11 is 0. The van der Waals surface area contributed by atoms with Crippen molar-refractivity contribution in [3.63, 3.8) is 0 Å². The zero-order chi connectivity index (χ0) is 12.5. The lowest BCUT2D eigenvalue weighted by molar-refractivity contribution is -0.0314. The highest BCUT2D eigenvalue weighted by atomic mass is 16.3. The second-order valence-electron chi connectivity index (χ2n) is 5.66. The van der Waals surface area contributed by atoms with E-state index in [4.69, 9.17) is 0 Å². The van der Waals surface area contributed by atoms with Crippen molar-refractivity contribution in [3.05, 3.63) is 0 Å². The molecule has 0 aromatic carbocycles. The Morgan fingerprint density at radius 1 is 0.941 bits per heavy atom. The van der Waals surface area contributed by atoms with Crippen molar-refractivity contribution in [2.75, 3.05) is 0 Å². The van der Waals surface area contributed by atoms with Gasteiger partial charge in [0.2, 0.25) is 0 Å². The van der Waals surface area contributed by atoms with E-state index in [0.29, 0.717) is 5.92 Å². The summed E-state index contributed by atoms with van der Waals surface area (Å²) in [6.45, 7) is 2.21. The molecule has 1 rings (SSSR count). The Bertz CT molecular complexity index is 176. The lowest BCUT2D eigenvalue weighted by Gasteiger charge is -2.29. The van der Waals surface area contributed by atoms with Crippen molar-refractivity contribution < 1.29 is 10.2 Å². The summed E-state index contributed by atoms with van der Waals surface area (Å²) in [6, 6.07) is 0. The average Bonchev–Trinajstić information content (AvgIpc) is 2.38. The van der Waals surface area contributed by atoms with Gasteiger partial charge < -0.3 is 10.2 Å². The van der Waals surface area contributed by atoms with E-state index in [1.807, 2.05) is 0 Å². The van der Waals surface area contributed by atoms with Crippen molar-refractivity contribution in [3.8, 4) is 0 Å². The van der Waals surface area contributed by atoms with Gasteiger partial charge in [0.25, 0.3) is 0 Å². The molecule has 0 saturated heterocycles. The maximum Gasteiger partial charge on any atom is 0.0827 e. The van der Waals surface area contributed by atoms with Crippen LogP contribution < -0.4 is 0 Å². The SMILES string of the molecule is CCCCCCCC(O)C(O)C1CCCCC1. The van der Waals surface area contributed by atoms with Gasteiger partial charge in [-0.05, 0) is 25.2 Å². The molecule has 2 nitrogen and oxygen atoms in total. The van der Waals surface area contributed by atoms with Crippen LogP contribution in [0.1, 0.15) is 77.6 Å². The van der Waals surface area contributed by atoms with Gasteiger partial charge in [-0.2, -0.15) is 0 Å². The zero-order valence-electron chi connectivity index (χ0n) is 11.4. The first kappa shape index (κ1) is 15.0. The Morgan fingerprint density at radius 2 is 1.59 bits per heavy atom. The summed E-state index contributed by atoms with van der Waals surface area (Å²) < 4.78 is 0. The molecule has 1 aliphatic carbocycles. The largest absolute Gasteiger partial charge is 0.390 e. The Hall–Kier alpha value is -0.0800. The molecule has 1 saturated carbocycles. The van der Waals surface area contributed by atoms with Gasteiger partial charge in [0.05, 0.1) is 12.2 Å². The summed E-state index contributed by atoms with van der Waals surface area (Å²) in [5.74, 6) is 0.356. The molecule has 0 radical (unpaired) electrons. The molecular formula is C15H30O2. The molecular weight excluding hydrogens is 212 g/mol. The monoisotopic (exact) mass is 242 g/mol. The van der Waals surface area contributed by atoms with E-state index < -0.39 is 12.2 Å². The van der Waals surface area contributed by atoms with Crippen molar-refractivity contribution in [2.24, 2.45) is 5.92 Å². The first-order valence-electron chi connectivity index (χ1n) is 7.61. The highest BCUT2D eigenvalue weighted by Gasteiger charge is 2.26. The van der Waals surface area contributed by atoms with Gasteiger partial charge in [0.15, 0.2) is 0 Å². The van der Waals surface area contributed by atoms with E-state index in [9.17, 15) is 10.2 Å². The minimum absolute atomic E-state index is 0.356. The van der Waals surface area contributed by atoms with Gasteiger partial charge in [-0.25, -0.2) is 0 Å². The van der Waals surface area contributed by atoms with Crippen molar-refractivity contribution in [1.82, 2.24) is 0 Å². The molecule has 2 unspecified atom stereocenters. The number of rotatable bonds is 8. The highest BCUT2D eigenvalue weighted by Crippen LogP contribution is 2.28. The van der Waals surface area contributed by atoms with Gasteiger partial charge >= 0.3 is 0 Å². The van der Waals surface area contributed by atoms with E-state index in [2.05, 4.69) is 6.92 Å². The van der Waals surface area contributed by atoms with Crippen LogP contribution in [-0.2, 0) is 0 Å². The maximum absolute atomic E-state index is 10.1. The number of aliphatic hydroxyl groups is 2. The fraction of sp³-hybridized carbons (Fsp3) is 1.00. The fourth-order valence-corrected chi connectivity index (χ4v) is 2.92. The number of hydrogen-bond acceptors (Lipinski definition) is 2. The molecule has 0 aromatic rings. The summed E-state index contributed by atoms with van der Waals surface area (Å²) in [7, 11) is 0. The molecule has 0 spiro atoms. The van der Waals surface area contributed by atoms with Crippen LogP contribution in [0.25, 0.3) is 0 Å². The van der Waals surface area contributed by atoms with Gasteiger partial charge in [-0.3, -0.25) is 0 Å². The first-order valence-corrected chi connectivity index (χ1v) is 7.61. The predicted molar refractivity (Wildman–Crippen MR) is 72.0 cm³/mol. The topological polar surface area (TPSA) is 40.5 Å². The normalized spacial score (nSPS) is 21.4. The standard InChI is InChI=1S/C15H30O2/c1-2-3-4-5-9-12-14(16)15(17)13-10-7-6-8-11-13/h13-17H,2-12H2,1H3. The van der Waals surface area contributed by atoms with Crippen LogP contribution >= 0.6 is 0 Å². The molecule has 102 valence electrons. The molecule has 17 heavy (non-hydrogen) atoms. The second kappa shape index (κ2) is 8.93. The quantitative estimate of drug-likeness (QED) is 0.638. The van der Waals surface area contributed by atoms with Crippen molar-refractivity contribution in [2.45, 2.75) is 89.8 Å². The number of unbranched alkanes of at least 4 members (excludes halogenated alkanes) is 4.